The summed E-state index contributed by atoms with van der Waals surface area (Å²) in [6, 6.07) is 0. The molecule has 19 heavy (non-hydrogen) atoms. The summed E-state index contributed by atoms with van der Waals surface area (Å²) >= 11 is 0. The molecule has 0 rings (SSSR count). The lowest BCUT2D eigenvalue weighted by Gasteiger charge is -2.35. The van der Waals surface area contributed by atoms with E-state index in [1.165, 1.54) is 0 Å². The summed E-state index contributed by atoms with van der Waals surface area (Å²) in [6.07, 6.45) is 2.04. The first-order chi connectivity index (χ1) is 8.81. The Morgan fingerprint density at radius 2 is 1.05 bits per heavy atom. The lowest BCUT2D eigenvalue weighted by molar-refractivity contribution is 0.375. The first kappa shape index (κ1) is 17.3. The first-order valence-electron chi connectivity index (χ1n) is 6.23. The lowest BCUT2D eigenvalue weighted by atomic mass is 10.4. The van der Waals surface area contributed by atoms with E-state index in [0.29, 0.717) is 0 Å². The molecule has 0 aromatic carbocycles. The van der Waals surface area contributed by atoms with Crippen molar-refractivity contribution in [2.75, 3.05) is 56.4 Å². The second-order valence-electron chi connectivity index (χ2n) is 4.60. The fourth-order valence-corrected chi connectivity index (χ4v) is 2.12. The van der Waals surface area contributed by atoms with Gasteiger partial charge in [0.25, 0.3) is 0 Å². The number of hydrogen-bond donors (Lipinski definition) is 0. The summed E-state index contributed by atoms with van der Waals surface area (Å²) in [5.74, 6) is 2.78. The molecule has 0 spiro atoms. The molecule has 0 heterocycles. The number of rotatable bonds is 2. The van der Waals surface area contributed by atoms with Crippen molar-refractivity contribution in [1.29, 1.82) is 0 Å². The van der Waals surface area contributed by atoms with Gasteiger partial charge >= 0.3 is 0 Å². The van der Waals surface area contributed by atoms with Gasteiger partial charge in [-0.2, -0.15) is 0 Å². The monoisotopic (exact) mass is 268 g/mol. The Balaban J connectivity index is 5.36. The van der Waals surface area contributed by atoms with Crippen LogP contribution < -0.4 is 0 Å². The highest BCUT2D eigenvalue weighted by molar-refractivity contribution is 5.84. The minimum absolute atomic E-state index is 0.883. The third kappa shape index (κ3) is 4.15. The van der Waals surface area contributed by atoms with Crippen molar-refractivity contribution >= 4 is 11.9 Å². The third-order valence-electron chi connectivity index (χ3n) is 2.75. The summed E-state index contributed by atoms with van der Waals surface area (Å²) < 4.78 is 0. The Kier molecular flexibility index (Phi) is 6.96. The molecule has 0 aromatic rings. The van der Waals surface area contributed by atoms with Gasteiger partial charge in [0.2, 0.25) is 11.9 Å². The van der Waals surface area contributed by atoms with Crippen LogP contribution in [-0.4, -0.2) is 87.9 Å². The van der Waals surface area contributed by atoms with Crippen molar-refractivity contribution in [1.82, 2.24) is 19.6 Å². The molecule has 0 aromatic heterocycles. The number of guanidine groups is 2. The minimum atomic E-state index is 0.883. The second-order valence-corrected chi connectivity index (χ2v) is 4.60. The molecular weight excluding hydrogens is 240 g/mol. The second kappa shape index (κ2) is 7.66. The third-order valence-corrected chi connectivity index (χ3v) is 2.75. The summed E-state index contributed by atoms with van der Waals surface area (Å²) in [6.45, 7) is 2.01. The molecule has 0 aliphatic heterocycles. The average Bonchev–Trinajstić information content (AvgIpc) is 2.30. The van der Waals surface area contributed by atoms with Crippen LogP contribution in [0.4, 0.5) is 0 Å². The summed E-state index contributed by atoms with van der Waals surface area (Å²) in [7, 11) is 15.5. The minimum Gasteiger partial charge on any atom is -0.349 e. The van der Waals surface area contributed by atoms with E-state index in [9.17, 15) is 0 Å². The predicted molar refractivity (Wildman–Crippen MR) is 83.4 cm³/mol. The van der Waals surface area contributed by atoms with Gasteiger partial charge in [-0.1, -0.05) is 0 Å². The van der Waals surface area contributed by atoms with Crippen LogP contribution in [0.3, 0.4) is 0 Å². The fourth-order valence-electron chi connectivity index (χ4n) is 2.12. The molecule has 110 valence electrons. The molecule has 0 fully saturated rings. The highest BCUT2D eigenvalue weighted by Crippen LogP contribution is 2.11. The lowest BCUT2D eigenvalue weighted by Crippen LogP contribution is -2.46. The molecule has 0 aliphatic carbocycles. The molecule has 6 heteroatoms. The number of hydrogen-bond acceptors (Lipinski definition) is 2. The first-order valence-corrected chi connectivity index (χ1v) is 6.23. The SMILES string of the molecule is CC=C(N(C)C(=NC)N(C)C)N(C)C(=NC)N(C)C. The van der Waals surface area contributed by atoms with Crippen molar-refractivity contribution in [3.05, 3.63) is 11.9 Å². The van der Waals surface area contributed by atoms with Crippen molar-refractivity contribution in [3.63, 3.8) is 0 Å². The molecule has 0 unspecified atom stereocenters. The molecule has 0 radical (unpaired) electrons. The van der Waals surface area contributed by atoms with Crippen LogP contribution in [-0.2, 0) is 0 Å². The Morgan fingerprint density at radius 1 is 0.737 bits per heavy atom. The maximum atomic E-state index is 4.32. The van der Waals surface area contributed by atoms with Crippen LogP contribution in [0.5, 0.6) is 0 Å². The quantitative estimate of drug-likeness (QED) is 0.548. The Labute approximate surface area is 117 Å². The van der Waals surface area contributed by atoms with Crippen LogP contribution in [0.25, 0.3) is 0 Å². The fraction of sp³-hybridized carbons (Fsp3) is 0.692. The van der Waals surface area contributed by atoms with E-state index in [4.69, 9.17) is 0 Å². The van der Waals surface area contributed by atoms with E-state index in [0.717, 1.165) is 17.7 Å². The van der Waals surface area contributed by atoms with Gasteiger partial charge < -0.3 is 19.6 Å². The molecule has 0 aliphatic rings. The Hall–Kier alpha value is -1.72. The van der Waals surface area contributed by atoms with E-state index in [2.05, 4.69) is 9.98 Å². The number of aliphatic imine (C=N–C) groups is 2. The summed E-state index contributed by atoms with van der Waals surface area (Å²) in [5.41, 5.74) is 0. The zero-order valence-electron chi connectivity index (χ0n) is 13.8. The number of allylic oxidation sites excluding steroid dienone is 1. The number of nitrogens with zero attached hydrogens (tertiary/aromatic N) is 6. The molecular formula is C13H28N6. The molecule has 0 bridgehead atoms. The normalized spacial score (nSPS) is 12.1. The summed E-state index contributed by atoms with van der Waals surface area (Å²) in [5, 5.41) is 0. The highest BCUT2D eigenvalue weighted by Gasteiger charge is 2.19. The molecule has 6 nitrogen and oxygen atoms in total. The van der Waals surface area contributed by atoms with E-state index in [1.54, 1.807) is 14.1 Å². The van der Waals surface area contributed by atoms with Crippen LogP contribution >= 0.6 is 0 Å². The van der Waals surface area contributed by atoms with Gasteiger partial charge in [0.1, 0.15) is 5.82 Å². The summed E-state index contributed by atoms with van der Waals surface area (Å²) in [4.78, 5) is 16.7. The largest absolute Gasteiger partial charge is 0.349 e. The maximum absolute atomic E-state index is 4.32. The predicted octanol–water partition coefficient (Wildman–Crippen LogP) is 0.806. The topological polar surface area (TPSA) is 37.7 Å². The van der Waals surface area contributed by atoms with Crippen LogP contribution in [0.1, 0.15) is 6.92 Å². The molecule has 0 atom stereocenters. The van der Waals surface area contributed by atoms with Crippen LogP contribution in [0.2, 0.25) is 0 Å². The Morgan fingerprint density at radius 3 is 1.21 bits per heavy atom. The molecule has 0 amide bonds. The zero-order chi connectivity index (χ0) is 15.2. The van der Waals surface area contributed by atoms with Crippen LogP contribution in [0, 0.1) is 0 Å². The van der Waals surface area contributed by atoms with Gasteiger partial charge in [0.15, 0.2) is 0 Å². The molecule has 0 saturated heterocycles. The van der Waals surface area contributed by atoms with Crippen molar-refractivity contribution < 1.29 is 0 Å². The van der Waals surface area contributed by atoms with Gasteiger partial charge in [-0.3, -0.25) is 9.98 Å². The van der Waals surface area contributed by atoms with E-state index >= 15 is 0 Å². The van der Waals surface area contributed by atoms with E-state index in [-0.39, 0.29) is 0 Å². The zero-order valence-corrected chi connectivity index (χ0v) is 13.8. The van der Waals surface area contributed by atoms with Crippen molar-refractivity contribution in [2.45, 2.75) is 6.92 Å². The standard InChI is InChI=1S/C13H28N6/c1-10-11(18(8)12(14-2)16(4)5)19(9)13(15-3)17(6)7/h10H,1-9H3. The molecule has 0 N–H and O–H groups in total. The maximum Gasteiger partial charge on any atom is 0.201 e. The Bertz CT molecular complexity index is 335. The average molecular weight is 268 g/mol. The van der Waals surface area contributed by atoms with Crippen molar-refractivity contribution in [3.8, 4) is 0 Å². The van der Waals surface area contributed by atoms with Gasteiger partial charge in [-0.25, -0.2) is 0 Å². The van der Waals surface area contributed by atoms with Crippen molar-refractivity contribution in [2.24, 2.45) is 9.98 Å². The van der Waals surface area contributed by atoms with Crippen LogP contribution in [0.15, 0.2) is 21.9 Å². The highest BCUT2D eigenvalue weighted by atomic mass is 15.5. The molecule has 0 saturated carbocycles. The van der Waals surface area contributed by atoms with E-state index in [1.807, 2.05) is 74.9 Å². The van der Waals surface area contributed by atoms with Gasteiger partial charge in [-0.15, -0.1) is 0 Å². The van der Waals surface area contributed by atoms with Gasteiger partial charge in [0, 0.05) is 56.4 Å². The van der Waals surface area contributed by atoms with Gasteiger partial charge in [0.05, 0.1) is 0 Å². The smallest absolute Gasteiger partial charge is 0.201 e. The van der Waals surface area contributed by atoms with Gasteiger partial charge in [-0.05, 0) is 13.0 Å². The van der Waals surface area contributed by atoms with E-state index < -0.39 is 0 Å².